The number of ether oxygens (including phenoxy) is 4. The second-order valence-corrected chi connectivity index (χ2v) is 20.4. The zero-order valence-corrected chi connectivity index (χ0v) is 33.5. The molecule has 0 aliphatic carbocycles. The Bertz CT molecular complexity index is 1280. The van der Waals surface area contributed by atoms with E-state index >= 15 is 0 Å². The maximum Gasteiger partial charge on any atom is 0.356 e. The molecule has 0 atom stereocenters. The molecule has 0 spiro atoms. The fourth-order valence-electron chi connectivity index (χ4n) is 3.08. The van der Waals surface area contributed by atoms with Crippen LogP contribution in [0.4, 0.5) is 0 Å². The Morgan fingerprint density at radius 3 is 1.10 bits per heavy atom. The van der Waals surface area contributed by atoms with Crippen molar-refractivity contribution in [3.8, 4) is 0 Å². The Labute approximate surface area is 298 Å². The topological polar surface area (TPSA) is 176 Å². The molecule has 0 saturated carbocycles. The normalized spacial score (nSPS) is 13.2. The van der Waals surface area contributed by atoms with E-state index < -0.39 is 93.3 Å². The van der Waals surface area contributed by atoms with Gasteiger partial charge in [0.2, 0.25) is 27.2 Å². The van der Waals surface area contributed by atoms with Crippen molar-refractivity contribution in [2.75, 3.05) is 27.2 Å². The molecule has 0 radical (unpaired) electrons. The molecule has 0 N–H and O–H groups in total. The van der Waals surface area contributed by atoms with E-state index in [2.05, 4.69) is 12.6 Å². The molecule has 0 bridgehead atoms. The maximum absolute atomic E-state index is 14.9. The minimum absolute atomic E-state index is 0.0333. The molecule has 0 unspecified atom stereocenters. The predicted octanol–water partition coefficient (Wildman–Crippen LogP) is 8.27. The standard InChI is InChI=1S/C31H49ClO14P2S/c1-28(2,3)24(33)39-16-43-47(37,44-17-40-25(34)29(4,5)6)23(21-15-20(32)13-14-22(21)49)48(38,45-18-41-26(35)30(7,8)9)46-19-42-27(36)31(10,11)12/h13-15,23,49H,16-19H2,1-12H3. The van der Waals surface area contributed by atoms with Gasteiger partial charge in [-0.3, -0.25) is 46.4 Å². The maximum atomic E-state index is 14.9. The summed E-state index contributed by atoms with van der Waals surface area (Å²) in [7, 11) is -10.2. The highest BCUT2D eigenvalue weighted by Gasteiger charge is 2.54. The van der Waals surface area contributed by atoms with Gasteiger partial charge < -0.3 is 18.9 Å². The molecule has 1 rings (SSSR count). The third kappa shape index (κ3) is 14.3. The third-order valence-corrected chi connectivity index (χ3v) is 12.0. The molecule has 49 heavy (non-hydrogen) atoms. The molecule has 0 heterocycles. The van der Waals surface area contributed by atoms with Gasteiger partial charge in [0.25, 0.3) is 0 Å². The van der Waals surface area contributed by atoms with E-state index in [-0.39, 0.29) is 15.5 Å². The minimum Gasteiger partial charge on any atom is -0.438 e. The van der Waals surface area contributed by atoms with Crippen LogP contribution in [0.5, 0.6) is 0 Å². The van der Waals surface area contributed by atoms with Gasteiger partial charge in [0.1, 0.15) is 0 Å². The highest BCUT2D eigenvalue weighted by atomic mass is 35.5. The van der Waals surface area contributed by atoms with E-state index in [1.54, 1.807) is 83.1 Å². The van der Waals surface area contributed by atoms with Crippen molar-refractivity contribution in [1.29, 1.82) is 0 Å². The van der Waals surface area contributed by atoms with Crippen LogP contribution < -0.4 is 0 Å². The number of esters is 4. The summed E-state index contributed by atoms with van der Waals surface area (Å²) in [6.07, 6.45) is 0. The molecular weight excluding hydrogens is 726 g/mol. The molecule has 0 aliphatic rings. The first-order chi connectivity index (χ1) is 22.0. The van der Waals surface area contributed by atoms with Gasteiger partial charge in [0.05, 0.1) is 21.7 Å². The van der Waals surface area contributed by atoms with Crippen LogP contribution >= 0.6 is 39.4 Å². The van der Waals surface area contributed by atoms with Gasteiger partial charge in [-0.15, -0.1) is 12.6 Å². The number of carbonyl (C=O) groups excluding carboxylic acids is 4. The lowest BCUT2D eigenvalue weighted by Gasteiger charge is -2.33. The van der Waals surface area contributed by atoms with E-state index in [1.807, 2.05) is 0 Å². The van der Waals surface area contributed by atoms with Crippen molar-refractivity contribution in [2.24, 2.45) is 21.7 Å². The van der Waals surface area contributed by atoms with Crippen molar-refractivity contribution in [2.45, 2.75) is 93.4 Å². The summed E-state index contributed by atoms with van der Waals surface area (Å²) >= 11 is 10.7. The third-order valence-electron chi connectivity index (χ3n) is 6.01. The monoisotopic (exact) mass is 774 g/mol. The number of rotatable bonds is 15. The number of halogens is 1. The number of carbonyl (C=O) groups is 4. The quantitative estimate of drug-likeness (QED) is 0.0592. The number of thiol groups is 1. The fourth-order valence-corrected chi connectivity index (χ4v) is 8.54. The predicted molar refractivity (Wildman–Crippen MR) is 183 cm³/mol. The summed E-state index contributed by atoms with van der Waals surface area (Å²) < 4.78 is 72.8. The van der Waals surface area contributed by atoms with Crippen molar-refractivity contribution in [3.05, 3.63) is 28.8 Å². The first-order valence-electron chi connectivity index (χ1n) is 15.0. The first kappa shape index (κ1) is 45.1. The zero-order valence-electron chi connectivity index (χ0n) is 30.1. The van der Waals surface area contributed by atoms with Crippen LogP contribution in [0.1, 0.15) is 94.0 Å². The molecule has 0 amide bonds. The molecule has 1 aromatic rings. The Hall–Kier alpha value is -1.96. The lowest BCUT2D eigenvalue weighted by Crippen LogP contribution is -2.26. The van der Waals surface area contributed by atoms with Gasteiger partial charge >= 0.3 is 39.1 Å². The molecule has 14 nitrogen and oxygen atoms in total. The van der Waals surface area contributed by atoms with Gasteiger partial charge in [-0.05, 0) is 107 Å². The summed E-state index contributed by atoms with van der Waals surface area (Å²) in [5.41, 5.74) is -4.20. The Morgan fingerprint density at radius 1 is 0.592 bits per heavy atom. The fraction of sp³-hybridized carbons (Fsp3) is 0.677. The van der Waals surface area contributed by atoms with Crippen LogP contribution in [0.25, 0.3) is 0 Å². The molecule has 0 saturated heterocycles. The van der Waals surface area contributed by atoms with Gasteiger partial charge in [-0.1, -0.05) is 11.6 Å². The second-order valence-electron chi connectivity index (χ2n) is 14.9. The number of hydrogen-bond acceptors (Lipinski definition) is 15. The smallest absolute Gasteiger partial charge is 0.356 e. The number of hydrogen-bond donors (Lipinski definition) is 1. The van der Waals surface area contributed by atoms with Gasteiger partial charge in [-0.2, -0.15) is 0 Å². The average Bonchev–Trinajstić information content (AvgIpc) is 2.92. The van der Waals surface area contributed by atoms with Crippen LogP contribution in [0.2, 0.25) is 5.02 Å². The number of benzene rings is 1. The summed E-state index contributed by atoms with van der Waals surface area (Å²) in [5, 5.41) is -2.10. The molecular formula is C31H49ClO14P2S. The lowest BCUT2D eigenvalue weighted by molar-refractivity contribution is -0.163. The largest absolute Gasteiger partial charge is 0.438 e. The molecule has 280 valence electrons. The van der Waals surface area contributed by atoms with Crippen molar-refractivity contribution in [1.82, 2.24) is 0 Å². The summed E-state index contributed by atoms with van der Waals surface area (Å²) in [6, 6.07) is 4.02. The first-order valence-corrected chi connectivity index (χ1v) is 19.0. The SMILES string of the molecule is CC(C)(C)C(=O)OCOP(=O)(OCOC(=O)C(C)(C)C)C(c1cc(Cl)ccc1S)P(=O)(OCOC(=O)C(C)(C)C)OCOC(=O)C(C)(C)C. The van der Waals surface area contributed by atoms with Crippen molar-refractivity contribution in [3.63, 3.8) is 0 Å². The molecule has 0 aromatic heterocycles. The summed E-state index contributed by atoms with van der Waals surface area (Å²) in [6.45, 7) is 14.7. The van der Waals surface area contributed by atoms with Crippen LogP contribution in [0, 0.1) is 21.7 Å². The van der Waals surface area contributed by atoms with E-state index in [9.17, 15) is 28.3 Å². The molecule has 0 aliphatic heterocycles. The summed E-state index contributed by atoms with van der Waals surface area (Å²) in [4.78, 5) is 50.2. The molecule has 18 heteroatoms. The van der Waals surface area contributed by atoms with Crippen LogP contribution in [0.15, 0.2) is 23.1 Å². The van der Waals surface area contributed by atoms with Crippen molar-refractivity contribution >= 4 is 63.3 Å². The Morgan fingerprint density at radius 2 is 0.857 bits per heavy atom. The van der Waals surface area contributed by atoms with E-state index in [0.717, 1.165) is 0 Å². The Balaban J connectivity index is 3.88. The molecule has 0 fully saturated rings. The second kappa shape index (κ2) is 17.5. The van der Waals surface area contributed by atoms with Crippen LogP contribution in [-0.4, -0.2) is 51.0 Å². The van der Waals surface area contributed by atoms with Crippen molar-refractivity contribution < 1.29 is 65.4 Å². The van der Waals surface area contributed by atoms with Gasteiger partial charge in [0, 0.05) is 9.92 Å². The average molecular weight is 775 g/mol. The minimum atomic E-state index is -5.09. The van der Waals surface area contributed by atoms with E-state index in [1.165, 1.54) is 18.2 Å². The molecule has 1 aromatic carbocycles. The van der Waals surface area contributed by atoms with Crippen LogP contribution in [-0.2, 0) is 65.4 Å². The van der Waals surface area contributed by atoms with Crippen LogP contribution in [0.3, 0.4) is 0 Å². The zero-order chi connectivity index (χ0) is 38.2. The highest BCUT2D eigenvalue weighted by molar-refractivity contribution is 7.80. The Kier molecular flexibility index (Phi) is 16.1. The lowest BCUT2D eigenvalue weighted by atomic mass is 9.98. The van der Waals surface area contributed by atoms with E-state index in [4.69, 9.17) is 48.6 Å². The van der Waals surface area contributed by atoms with Gasteiger partial charge in [0.15, 0.2) is 5.40 Å². The van der Waals surface area contributed by atoms with E-state index in [0.29, 0.717) is 0 Å². The highest BCUT2D eigenvalue weighted by Crippen LogP contribution is 2.79. The van der Waals surface area contributed by atoms with Gasteiger partial charge in [-0.25, -0.2) is 0 Å². The summed E-state index contributed by atoms with van der Waals surface area (Å²) in [5.74, 6) is -3.03.